The summed E-state index contributed by atoms with van der Waals surface area (Å²) in [6.45, 7) is 0.788. The molecule has 6 rings (SSSR count). The Balaban J connectivity index is 1.38. The van der Waals surface area contributed by atoms with Crippen LogP contribution in [0.2, 0.25) is 0 Å². The van der Waals surface area contributed by atoms with E-state index in [0.29, 0.717) is 36.0 Å². The second-order valence-electron chi connectivity index (χ2n) is 11.2. The molecule has 0 aromatic heterocycles. The van der Waals surface area contributed by atoms with E-state index in [4.69, 9.17) is 22.9 Å². The Morgan fingerprint density at radius 1 is 1.12 bits per heavy atom. The third kappa shape index (κ3) is 3.87. The maximum absolute atomic E-state index is 13.1. The monoisotopic (exact) mass is 458 g/mol. The highest BCUT2D eigenvalue weighted by atomic mass is 32.1. The highest BCUT2D eigenvalue weighted by Crippen LogP contribution is 2.73. The van der Waals surface area contributed by atoms with Gasteiger partial charge in [0.05, 0.1) is 0 Å². The molecule has 0 radical (unpaired) electrons. The van der Waals surface area contributed by atoms with Gasteiger partial charge >= 0.3 is 0 Å². The van der Waals surface area contributed by atoms with Crippen molar-refractivity contribution in [3.05, 3.63) is 35.9 Å². The lowest BCUT2D eigenvalue weighted by Crippen LogP contribution is -2.37. The molecule has 0 spiro atoms. The molecular weight excluding hydrogens is 422 g/mol. The Kier molecular flexibility index (Phi) is 6.26. The van der Waals surface area contributed by atoms with Crippen LogP contribution >= 0.6 is 12.2 Å². The lowest BCUT2D eigenvalue weighted by Gasteiger charge is -2.43. The SMILES string of the molecule is NCC1CCC(C=NC(=S)C23CC4CC(c5ccccc5)(CC2C4CCC(F)F)C3)CC1. The zero-order valence-corrected chi connectivity index (χ0v) is 19.7. The zero-order chi connectivity index (χ0) is 22.3. The fraction of sp³-hybridized carbons (Fsp3) is 0.704. The van der Waals surface area contributed by atoms with Crippen molar-refractivity contribution in [2.24, 2.45) is 45.7 Å². The fourth-order valence-electron chi connectivity index (χ4n) is 8.12. The Hall–Kier alpha value is -1.20. The van der Waals surface area contributed by atoms with Crippen LogP contribution in [0.1, 0.15) is 69.8 Å². The maximum atomic E-state index is 13.1. The fourth-order valence-corrected chi connectivity index (χ4v) is 8.49. The normalized spacial score (nSPS) is 40.6. The van der Waals surface area contributed by atoms with E-state index in [1.807, 2.05) is 0 Å². The van der Waals surface area contributed by atoms with Gasteiger partial charge < -0.3 is 5.73 Å². The van der Waals surface area contributed by atoms with Gasteiger partial charge in [-0.25, -0.2) is 8.78 Å². The molecule has 1 aromatic rings. The highest BCUT2D eigenvalue weighted by Gasteiger charge is 2.69. The molecule has 2 nitrogen and oxygen atoms in total. The van der Waals surface area contributed by atoms with Crippen LogP contribution < -0.4 is 5.73 Å². The third-order valence-electron chi connectivity index (χ3n) is 9.53. The molecule has 174 valence electrons. The minimum Gasteiger partial charge on any atom is -0.330 e. The first kappa shape index (κ1) is 22.6. The van der Waals surface area contributed by atoms with E-state index in [1.165, 1.54) is 18.4 Å². The van der Waals surface area contributed by atoms with E-state index in [2.05, 4.69) is 36.5 Å². The molecule has 5 saturated carbocycles. The number of benzene rings is 1. The molecule has 1 aromatic carbocycles. The van der Waals surface area contributed by atoms with Gasteiger partial charge in [0.2, 0.25) is 6.43 Å². The third-order valence-corrected chi connectivity index (χ3v) is 10.0. The number of hydrogen-bond donors (Lipinski definition) is 1. The summed E-state index contributed by atoms with van der Waals surface area (Å²) in [5.41, 5.74) is 7.33. The van der Waals surface area contributed by atoms with E-state index in [-0.39, 0.29) is 17.3 Å². The van der Waals surface area contributed by atoms with E-state index >= 15 is 0 Å². The molecule has 5 unspecified atom stereocenters. The van der Waals surface area contributed by atoms with Crippen LogP contribution in [0.5, 0.6) is 0 Å². The number of thiocarbonyl (C=S) groups is 1. The molecule has 0 saturated heterocycles. The maximum Gasteiger partial charge on any atom is 0.238 e. The van der Waals surface area contributed by atoms with Gasteiger partial charge in [-0.05, 0) is 105 Å². The van der Waals surface area contributed by atoms with E-state index in [0.717, 1.165) is 50.1 Å². The summed E-state index contributed by atoms with van der Waals surface area (Å²) in [5, 5.41) is 0. The molecule has 4 bridgehead atoms. The summed E-state index contributed by atoms with van der Waals surface area (Å²) in [7, 11) is 0. The highest BCUT2D eigenvalue weighted by molar-refractivity contribution is 7.80. The molecule has 32 heavy (non-hydrogen) atoms. The second kappa shape index (κ2) is 8.87. The minimum absolute atomic E-state index is 0.0203. The van der Waals surface area contributed by atoms with Crippen molar-refractivity contribution in [1.29, 1.82) is 0 Å². The topological polar surface area (TPSA) is 38.4 Å². The number of rotatable bonds is 7. The van der Waals surface area contributed by atoms with Gasteiger partial charge in [-0.15, -0.1) is 0 Å². The average Bonchev–Trinajstić information content (AvgIpc) is 3.19. The Labute approximate surface area is 196 Å². The molecule has 5 heteroatoms. The Bertz CT molecular complexity index is 850. The van der Waals surface area contributed by atoms with E-state index < -0.39 is 6.43 Å². The van der Waals surface area contributed by atoms with Crippen molar-refractivity contribution in [2.75, 3.05) is 6.54 Å². The summed E-state index contributed by atoms with van der Waals surface area (Å²) in [5.74, 6) is 2.43. The van der Waals surface area contributed by atoms with Gasteiger partial charge in [-0.1, -0.05) is 42.5 Å². The number of nitrogens with two attached hydrogens (primary N) is 1. The van der Waals surface area contributed by atoms with Gasteiger partial charge in [0.25, 0.3) is 0 Å². The van der Waals surface area contributed by atoms with Gasteiger partial charge in [-0.3, -0.25) is 4.99 Å². The van der Waals surface area contributed by atoms with Gasteiger partial charge in [0, 0.05) is 18.1 Å². The summed E-state index contributed by atoms with van der Waals surface area (Å²) in [6, 6.07) is 10.9. The first-order valence-corrected chi connectivity index (χ1v) is 13.0. The predicted octanol–water partition coefficient (Wildman–Crippen LogP) is 6.57. The molecule has 5 atom stereocenters. The summed E-state index contributed by atoms with van der Waals surface area (Å²) in [4.78, 5) is 5.82. The second-order valence-corrected chi connectivity index (χ2v) is 11.6. The summed E-state index contributed by atoms with van der Waals surface area (Å²) >= 11 is 6.05. The Morgan fingerprint density at radius 3 is 2.56 bits per heavy atom. The van der Waals surface area contributed by atoms with Crippen LogP contribution in [0, 0.1) is 35.0 Å². The summed E-state index contributed by atoms with van der Waals surface area (Å²) < 4.78 is 26.2. The molecule has 0 heterocycles. The lowest BCUT2D eigenvalue weighted by atomic mass is 9.61. The van der Waals surface area contributed by atoms with E-state index in [9.17, 15) is 8.78 Å². The lowest BCUT2D eigenvalue weighted by molar-refractivity contribution is 0.0995. The number of nitrogens with zero attached hydrogens (tertiary/aromatic N) is 1. The van der Waals surface area contributed by atoms with Crippen LogP contribution in [0.15, 0.2) is 35.3 Å². The van der Waals surface area contributed by atoms with Crippen LogP contribution in [-0.2, 0) is 5.41 Å². The van der Waals surface area contributed by atoms with Crippen molar-refractivity contribution in [2.45, 2.75) is 76.0 Å². The molecule has 5 aliphatic rings. The van der Waals surface area contributed by atoms with Gasteiger partial charge in [-0.2, -0.15) is 0 Å². The molecule has 0 amide bonds. The van der Waals surface area contributed by atoms with Crippen LogP contribution in [-0.4, -0.2) is 24.2 Å². The van der Waals surface area contributed by atoms with Crippen LogP contribution in [0.25, 0.3) is 0 Å². The van der Waals surface area contributed by atoms with Gasteiger partial charge in [0.1, 0.15) is 4.99 Å². The molecule has 0 aliphatic heterocycles. The zero-order valence-electron chi connectivity index (χ0n) is 18.9. The van der Waals surface area contributed by atoms with Crippen molar-refractivity contribution in [3.63, 3.8) is 0 Å². The standard InChI is InChI=1S/C27H36F2N2S/c28-24(29)11-10-22-20-12-26(21-4-2-1-3-5-21)14-23(22)27(13-20,17-26)25(32)31-16-19-8-6-18(15-30)7-9-19/h1-5,16,18-20,22-24H,6-15,17,30H2. The average molecular weight is 459 g/mol. The first-order valence-electron chi connectivity index (χ1n) is 12.6. The molecule has 5 fully saturated rings. The number of aliphatic imine (C=N–C) groups is 1. The Morgan fingerprint density at radius 2 is 1.88 bits per heavy atom. The molecule has 5 aliphatic carbocycles. The largest absolute Gasteiger partial charge is 0.330 e. The van der Waals surface area contributed by atoms with E-state index in [1.54, 1.807) is 0 Å². The predicted molar refractivity (Wildman–Crippen MR) is 130 cm³/mol. The number of alkyl halides is 2. The minimum atomic E-state index is -2.21. The van der Waals surface area contributed by atoms with Gasteiger partial charge in [0.15, 0.2) is 0 Å². The van der Waals surface area contributed by atoms with Crippen LogP contribution in [0.4, 0.5) is 8.78 Å². The summed E-state index contributed by atoms with van der Waals surface area (Å²) in [6.07, 6.45) is 9.55. The molecular formula is C27H36F2N2S. The van der Waals surface area contributed by atoms with Crippen molar-refractivity contribution in [1.82, 2.24) is 0 Å². The smallest absolute Gasteiger partial charge is 0.238 e. The molecule has 2 N–H and O–H groups in total. The van der Waals surface area contributed by atoms with Crippen LogP contribution in [0.3, 0.4) is 0 Å². The van der Waals surface area contributed by atoms with Crippen molar-refractivity contribution < 1.29 is 8.78 Å². The van der Waals surface area contributed by atoms with Crippen molar-refractivity contribution in [3.8, 4) is 0 Å². The first-order chi connectivity index (χ1) is 15.5. The van der Waals surface area contributed by atoms with Crippen molar-refractivity contribution >= 4 is 23.4 Å². The quantitative estimate of drug-likeness (QED) is 0.371. The number of halogens is 2. The number of hydrogen-bond acceptors (Lipinski definition) is 2.